The average molecular weight is 1210 g/mol. The molecule has 8 rings (SSSR count). The molecule has 3 aromatic carbocycles. The zero-order valence-corrected chi connectivity index (χ0v) is 49.6. The fourth-order valence-electron chi connectivity index (χ4n) is 10.6. The number of alkyl halides is 4. The number of amides is 2. The predicted molar refractivity (Wildman–Crippen MR) is 327 cm³/mol. The van der Waals surface area contributed by atoms with Crippen LogP contribution in [-0.2, 0) is 50.4 Å². The number of benzene rings is 3. The Kier molecular flexibility index (Phi) is 23.6. The highest BCUT2D eigenvalue weighted by molar-refractivity contribution is 5.94. The first-order valence-corrected chi connectivity index (χ1v) is 29.3. The van der Waals surface area contributed by atoms with Gasteiger partial charge >= 0.3 is 6.18 Å². The molecular formula is C64H78F4N10O9. The van der Waals surface area contributed by atoms with E-state index in [4.69, 9.17) is 23.7 Å². The molecule has 0 saturated carbocycles. The fourth-order valence-corrected chi connectivity index (χ4v) is 10.6. The monoisotopic (exact) mass is 1210 g/mol. The number of hydrogen-bond donors (Lipinski definition) is 4. The second kappa shape index (κ2) is 31.6. The van der Waals surface area contributed by atoms with Crippen molar-refractivity contribution in [1.82, 2.24) is 39.0 Å². The number of methoxy groups -OCH3 is 1. The number of likely N-dealkylation sites (tertiary alicyclic amines) is 2. The van der Waals surface area contributed by atoms with E-state index in [1.54, 1.807) is 71.2 Å². The predicted octanol–water partition coefficient (Wildman–Crippen LogP) is 7.71. The van der Waals surface area contributed by atoms with E-state index in [9.17, 15) is 37.1 Å². The summed E-state index contributed by atoms with van der Waals surface area (Å²) in [6, 6.07) is 21.2. The van der Waals surface area contributed by atoms with Gasteiger partial charge in [0.2, 0.25) is 11.8 Å². The minimum Gasteiger partial charge on any atom is -0.494 e. The van der Waals surface area contributed by atoms with E-state index in [1.165, 1.54) is 18.0 Å². The standard InChI is InChI=1S/C64H78F4N10O9/c1-5-13-47(61-59-60(73-75(61)3)62(81)77(45-71-59)43-63(82)26-31-76(32-27-63)58(80)24-21-46-14-7-6-8-15-46)16-9-10-20-57(79)70-29-33-84-34-35-85-36-37-86-38-39-87-49-22-23-54(56(41-49)83-4)69-28-12-17-48-40-50-52(72-53-25-30-74(2)42-51(53)65)18-11-19-55(50)78(48)44-64(66,67)68/h5-9,11,13-16,18-19,22-23,40-41,45,51,53,69,72,82H,1,10,20-21,24-39,42-44H2,2-4H3,(H,70,79)/b16-9-,47-13+. The zero-order valence-electron chi connectivity index (χ0n) is 49.6. The Bertz CT molecular complexity index is 3450. The summed E-state index contributed by atoms with van der Waals surface area (Å²) in [6.07, 6.45) is 5.88. The Balaban J connectivity index is 0.673. The molecule has 5 heterocycles. The number of ether oxygens (including phenoxy) is 5. The molecule has 87 heavy (non-hydrogen) atoms. The van der Waals surface area contributed by atoms with Crippen molar-refractivity contribution in [1.29, 1.82) is 0 Å². The van der Waals surface area contributed by atoms with E-state index in [1.807, 2.05) is 54.4 Å². The van der Waals surface area contributed by atoms with E-state index in [2.05, 4.69) is 44.5 Å². The molecule has 2 aliphatic heterocycles. The van der Waals surface area contributed by atoms with Crippen molar-refractivity contribution in [2.24, 2.45) is 7.05 Å². The highest BCUT2D eigenvalue weighted by Gasteiger charge is 2.36. The molecule has 2 unspecified atom stereocenters. The lowest BCUT2D eigenvalue weighted by Gasteiger charge is -2.38. The second-order valence-electron chi connectivity index (χ2n) is 21.6. The third-order valence-electron chi connectivity index (χ3n) is 15.1. The molecule has 2 saturated heterocycles. The first-order valence-electron chi connectivity index (χ1n) is 29.3. The van der Waals surface area contributed by atoms with Crippen LogP contribution < -0.4 is 31.0 Å². The summed E-state index contributed by atoms with van der Waals surface area (Å²) >= 11 is 0. The second-order valence-corrected chi connectivity index (χ2v) is 21.6. The minimum absolute atomic E-state index is 0.0236. The normalized spacial score (nSPS) is 16.5. The van der Waals surface area contributed by atoms with E-state index >= 15 is 0 Å². The SMILES string of the molecule is C=C/C=C(\C=C/CCC(=O)NCCOCCOCCOCCOc1ccc(NCC#Cc2cc3c(NC4CCN(C)CC4F)cccc3n2CC(F)(F)F)c(OC)c1)c1c2ncn(CC3(O)CCN(C(=O)CCc4ccccc4)CC3)c(=O)c2nn1C. The van der Waals surface area contributed by atoms with Gasteiger partial charge in [0.15, 0.2) is 5.52 Å². The van der Waals surface area contributed by atoms with E-state index in [0.29, 0.717) is 155 Å². The highest BCUT2D eigenvalue weighted by atomic mass is 19.4. The summed E-state index contributed by atoms with van der Waals surface area (Å²) in [5.74, 6) is 6.77. The topological polar surface area (TPSA) is 201 Å². The number of aliphatic hydroxyl groups is 1. The van der Waals surface area contributed by atoms with Gasteiger partial charge in [0.25, 0.3) is 5.56 Å². The number of aromatic nitrogens is 5. The molecule has 0 bridgehead atoms. The van der Waals surface area contributed by atoms with Crippen molar-refractivity contribution in [3.63, 3.8) is 0 Å². The van der Waals surface area contributed by atoms with Gasteiger partial charge in [-0.1, -0.05) is 73.2 Å². The Labute approximate surface area is 503 Å². The van der Waals surface area contributed by atoms with Crippen LogP contribution in [0, 0.1) is 11.8 Å². The highest BCUT2D eigenvalue weighted by Crippen LogP contribution is 2.33. The number of aryl methyl sites for hydroxylation is 2. The van der Waals surface area contributed by atoms with Crippen molar-refractivity contribution in [3.05, 3.63) is 137 Å². The molecule has 0 radical (unpaired) electrons. The van der Waals surface area contributed by atoms with Crippen molar-refractivity contribution in [2.45, 2.75) is 82.0 Å². The summed E-state index contributed by atoms with van der Waals surface area (Å²) in [6.45, 7) is 7.09. The first-order chi connectivity index (χ1) is 42.0. The molecule has 466 valence electrons. The van der Waals surface area contributed by atoms with E-state index < -0.39 is 30.5 Å². The van der Waals surface area contributed by atoms with Crippen molar-refractivity contribution < 1.29 is 55.9 Å². The van der Waals surface area contributed by atoms with Crippen LogP contribution in [0.25, 0.3) is 27.5 Å². The van der Waals surface area contributed by atoms with Crippen LogP contribution in [-0.4, -0.2) is 174 Å². The minimum atomic E-state index is -4.49. The van der Waals surface area contributed by atoms with Gasteiger partial charge in [-0.05, 0) is 81.0 Å². The number of hydrogen-bond acceptors (Lipinski definition) is 14. The maximum absolute atomic E-state index is 14.9. The number of carbonyl (C=O) groups is 2. The number of allylic oxidation sites excluding steroid dienone is 5. The van der Waals surface area contributed by atoms with Gasteiger partial charge < -0.3 is 59.1 Å². The number of anilines is 2. The fraction of sp³-hybridized carbons (Fsp3) is 0.453. The summed E-state index contributed by atoms with van der Waals surface area (Å²) in [5.41, 5.74) is 3.09. The van der Waals surface area contributed by atoms with Crippen molar-refractivity contribution >= 4 is 50.7 Å². The molecular weight excluding hydrogens is 1130 g/mol. The van der Waals surface area contributed by atoms with Crippen LogP contribution in [0.4, 0.5) is 28.9 Å². The van der Waals surface area contributed by atoms with Crippen LogP contribution in [0.2, 0.25) is 0 Å². The molecule has 2 aliphatic rings. The van der Waals surface area contributed by atoms with Crippen LogP contribution in [0.5, 0.6) is 11.5 Å². The first kappa shape index (κ1) is 65.0. The molecule has 6 aromatic rings. The summed E-state index contributed by atoms with van der Waals surface area (Å²) < 4.78 is 88.6. The number of nitrogens with one attached hydrogen (secondary N) is 3. The van der Waals surface area contributed by atoms with Gasteiger partial charge in [-0.15, -0.1) is 0 Å². The third kappa shape index (κ3) is 18.7. The zero-order chi connectivity index (χ0) is 61.8. The number of piperidine rings is 2. The van der Waals surface area contributed by atoms with Gasteiger partial charge in [-0.25, -0.2) is 9.37 Å². The summed E-state index contributed by atoms with van der Waals surface area (Å²) in [5, 5.41) is 25.8. The number of fused-ring (bicyclic) bond motifs is 2. The van der Waals surface area contributed by atoms with Crippen LogP contribution in [0.1, 0.15) is 55.5 Å². The van der Waals surface area contributed by atoms with Gasteiger partial charge in [-0.3, -0.25) is 23.6 Å². The molecule has 4 N–H and O–H groups in total. The Morgan fingerprint density at radius 1 is 0.908 bits per heavy atom. The molecule has 2 amide bonds. The molecule has 23 heteroatoms. The van der Waals surface area contributed by atoms with Gasteiger partial charge in [0, 0.05) is 75.3 Å². The van der Waals surface area contributed by atoms with Crippen LogP contribution in [0.3, 0.4) is 0 Å². The van der Waals surface area contributed by atoms with Crippen molar-refractivity contribution in [3.8, 4) is 23.3 Å². The third-order valence-corrected chi connectivity index (χ3v) is 15.1. The quantitative estimate of drug-likeness (QED) is 0.0148. The van der Waals surface area contributed by atoms with Crippen LogP contribution in [0.15, 0.2) is 115 Å². The molecule has 2 atom stereocenters. The van der Waals surface area contributed by atoms with Gasteiger partial charge in [0.1, 0.15) is 36.3 Å². The summed E-state index contributed by atoms with van der Waals surface area (Å²) in [7, 11) is 5.09. The molecule has 2 fully saturated rings. The summed E-state index contributed by atoms with van der Waals surface area (Å²) in [4.78, 5) is 47.6. The maximum Gasteiger partial charge on any atom is 0.406 e. The van der Waals surface area contributed by atoms with Crippen LogP contribution >= 0.6 is 0 Å². The lowest BCUT2D eigenvalue weighted by Crippen LogP contribution is -2.49. The maximum atomic E-state index is 14.9. The van der Waals surface area contributed by atoms with E-state index in [0.717, 1.165) is 10.1 Å². The average Bonchev–Trinajstić information content (AvgIpc) is 1.92. The number of carbonyl (C=O) groups excluding carboxylic acids is 2. The largest absolute Gasteiger partial charge is 0.494 e. The lowest BCUT2D eigenvalue weighted by atomic mass is 9.91. The molecule has 19 nitrogen and oxygen atoms in total. The molecule has 3 aromatic heterocycles. The number of nitrogens with zero attached hydrogens (tertiary/aromatic N) is 7. The Morgan fingerprint density at radius 2 is 1.66 bits per heavy atom. The number of halogens is 4. The molecule has 0 spiro atoms. The van der Waals surface area contributed by atoms with Crippen molar-refractivity contribution in [2.75, 3.05) is 110 Å². The Hall–Kier alpha value is -8.01. The molecule has 0 aliphatic carbocycles. The number of rotatable bonds is 30. The van der Waals surface area contributed by atoms with Gasteiger partial charge in [-0.2, -0.15) is 18.3 Å². The lowest BCUT2D eigenvalue weighted by molar-refractivity contribution is -0.140. The van der Waals surface area contributed by atoms with Gasteiger partial charge in [0.05, 0.1) is 100 Å². The smallest absolute Gasteiger partial charge is 0.406 e. The Morgan fingerprint density at radius 3 is 2.38 bits per heavy atom. The van der Waals surface area contributed by atoms with E-state index in [-0.39, 0.29) is 61.2 Å².